The molecule has 0 aliphatic carbocycles. The molecule has 0 radical (unpaired) electrons. The van der Waals surface area contributed by atoms with Crippen molar-refractivity contribution >= 4 is 5.97 Å². The Bertz CT molecular complexity index is 384. The third-order valence-corrected chi connectivity index (χ3v) is 3.51. The lowest BCUT2D eigenvalue weighted by Crippen LogP contribution is -2.01. The van der Waals surface area contributed by atoms with Crippen LogP contribution in [-0.2, 0) is 4.79 Å². The SMILES string of the molecule is CCCCCCOc1ccc(C(C)CCC(=O)O)cc1. The topological polar surface area (TPSA) is 46.5 Å². The molecule has 1 aromatic rings. The predicted octanol–water partition coefficient (Wildman–Crippen LogP) is 4.61. The molecule has 112 valence electrons. The van der Waals surface area contributed by atoms with E-state index in [4.69, 9.17) is 9.84 Å². The van der Waals surface area contributed by atoms with Gasteiger partial charge in [-0.05, 0) is 36.5 Å². The van der Waals surface area contributed by atoms with Crippen molar-refractivity contribution in [2.75, 3.05) is 6.61 Å². The first-order valence-electron chi connectivity index (χ1n) is 7.58. The zero-order valence-electron chi connectivity index (χ0n) is 12.6. The minimum Gasteiger partial charge on any atom is -0.494 e. The second-order valence-electron chi connectivity index (χ2n) is 5.31. The highest BCUT2D eigenvalue weighted by atomic mass is 16.5. The van der Waals surface area contributed by atoms with Crippen LogP contribution in [0.15, 0.2) is 24.3 Å². The fourth-order valence-electron chi connectivity index (χ4n) is 2.12. The molecule has 0 saturated carbocycles. The van der Waals surface area contributed by atoms with Crippen molar-refractivity contribution in [1.29, 1.82) is 0 Å². The average Bonchev–Trinajstić information content (AvgIpc) is 2.45. The van der Waals surface area contributed by atoms with E-state index in [2.05, 4.69) is 13.8 Å². The van der Waals surface area contributed by atoms with Crippen LogP contribution in [0, 0.1) is 0 Å². The Morgan fingerprint density at radius 2 is 1.90 bits per heavy atom. The average molecular weight is 278 g/mol. The van der Waals surface area contributed by atoms with Gasteiger partial charge in [-0.25, -0.2) is 0 Å². The summed E-state index contributed by atoms with van der Waals surface area (Å²) in [6.07, 6.45) is 5.72. The van der Waals surface area contributed by atoms with Crippen molar-refractivity contribution in [3.63, 3.8) is 0 Å². The number of hydrogen-bond acceptors (Lipinski definition) is 2. The van der Waals surface area contributed by atoms with E-state index in [1.54, 1.807) is 0 Å². The van der Waals surface area contributed by atoms with Crippen LogP contribution in [0.25, 0.3) is 0 Å². The summed E-state index contributed by atoms with van der Waals surface area (Å²) in [6.45, 7) is 5.03. The smallest absolute Gasteiger partial charge is 0.303 e. The van der Waals surface area contributed by atoms with E-state index in [-0.39, 0.29) is 12.3 Å². The molecule has 3 heteroatoms. The molecule has 1 rings (SSSR count). The third kappa shape index (κ3) is 6.60. The second-order valence-corrected chi connectivity index (χ2v) is 5.31. The maximum atomic E-state index is 10.6. The van der Waals surface area contributed by atoms with Crippen LogP contribution in [0.3, 0.4) is 0 Å². The van der Waals surface area contributed by atoms with E-state index in [0.717, 1.165) is 18.8 Å². The molecule has 0 heterocycles. The summed E-state index contributed by atoms with van der Waals surface area (Å²) < 4.78 is 5.69. The van der Waals surface area contributed by atoms with Gasteiger partial charge < -0.3 is 9.84 Å². The summed E-state index contributed by atoms with van der Waals surface area (Å²) >= 11 is 0. The lowest BCUT2D eigenvalue weighted by atomic mass is 9.96. The van der Waals surface area contributed by atoms with Crippen molar-refractivity contribution in [3.05, 3.63) is 29.8 Å². The molecule has 1 aromatic carbocycles. The van der Waals surface area contributed by atoms with Crippen LogP contribution in [0.5, 0.6) is 5.75 Å². The zero-order chi connectivity index (χ0) is 14.8. The number of benzene rings is 1. The van der Waals surface area contributed by atoms with E-state index in [0.29, 0.717) is 6.42 Å². The van der Waals surface area contributed by atoms with Crippen molar-refractivity contribution in [3.8, 4) is 5.75 Å². The van der Waals surface area contributed by atoms with Gasteiger partial charge in [0.05, 0.1) is 6.61 Å². The van der Waals surface area contributed by atoms with Crippen LogP contribution in [-0.4, -0.2) is 17.7 Å². The predicted molar refractivity (Wildman–Crippen MR) is 81.4 cm³/mol. The van der Waals surface area contributed by atoms with Gasteiger partial charge in [0, 0.05) is 6.42 Å². The monoisotopic (exact) mass is 278 g/mol. The van der Waals surface area contributed by atoms with Crippen LogP contribution < -0.4 is 4.74 Å². The summed E-state index contributed by atoms with van der Waals surface area (Å²) in [5, 5.41) is 8.69. The van der Waals surface area contributed by atoms with Gasteiger partial charge in [0.15, 0.2) is 0 Å². The summed E-state index contributed by atoms with van der Waals surface area (Å²) in [7, 11) is 0. The number of aliphatic carboxylic acids is 1. The summed E-state index contributed by atoms with van der Waals surface area (Å²) in [5.41, 5.74) is 1.17. The fraction of sp³-hybridized carbons (Fsp3) is 0.588. The minimum absolute atomic E-state index is 0.219. The van der Waals surface area contributed by atoms with Gasteiger partial charge >= 0.3 is 5.97 Å². The molecule has 0 bridgehead atoms. The maximum absolute atomic E-state index is 10.6. The highest BCUT2D eigenvalue weighted by Crippen LogP contribution is 2.23. The van der Waals surface area contributed by atoms with Crippen LogP contribution >= 0.6 is 0 Å². The van der Waals surface area contributed by atoms with E-state index in [1.807, 2.05) is 24.3 Å². The zero-order valence-corrected chi connectivity index (χ0v) is 12.6. The molecule has 0 aliphatic heterocycles. The van der Waals surface area contributed by atoms with Gasteiger partial charge in [0.1, 0.15) is 5.75 Å². The summed E-state index contributed by atoms with van der Waals surface area (Å²) in [6, 6.07) is 8.03. The Morgan fingerprint density at radius 3 is 2.50 bits per heavy atom. The molecular formula is C17H26O3. The molecule has 0 amide bonds. The third-order valence-electron chi connectivity index (χ3n) is 3.51. The molecule has 1 atom stereocenters. The molecule has 0 aromatic heterocycles. The van der Waals surface area contributed by atoms with Crippen LogP contribution in [0.4, 0.5) is 0 Å². The van der Waals surface area contributed by atoms with E-state index < -0.39 is 5.97 Å². The number of carboxylic acids is 1. The first-order chi connectivity index (χ1) is 9.63. The van der Waals surface area contributed by atoms with Crippen molar-refractivity contribution in [1.82, 2.24) is 0 Å². The molecule has 0 saturated heterocycles. The van der Waals surface area contributed by atoms with Gasteiger partial charge in [-0.15, -0.1) is 0 Å². The normalized spacial score (nSPS) is 12.1. The first-order valence-corrected chi connectivity index (χ1v) is 7.58. The van der Waals surface area contributed by atoms with E-state index in [1.165, 1.54) is 24.8 Å². The lowest BCUT2D eigenvalue weighted by molar-refractivity contribution is -0.137. The molecule has 0 fully saturated rings. The number of ether oxygens (including phenoxy) is 1. The quantitative estimate of drug-likeness (QED) is 0.635. The van der Waals surface area contributed by atoms with Crippen LogP contribution in [0.2, 0.25) is 0 Å². The fourth-order valence-corrected chi connectivity index (χ4v) is 2.12. The summed E-state index contributed by atoms with van der Waals surface area (Å²) in [4.78, 5) is 10.6. The van der Waals surface area contributed by atoms with Crippen molar-refractivity contribution < 1.29 is 14.6 Å². The first kappa shape index (κ1) is 16.5. The van der Waals surface area contributed by atoms with Gasteiger partial charge in [0.2, 0.25) is 0 Å². The van der Waals surface area contributed by atoms with Crippen molar-refractivity contribution in [2.24, 2.45) is 0 Å². The molecule has 0 aliphatic rings. The number of carbonyl (C=O) groups is 1. The number of carboxylic acid groups (broad SMARTS) is 1. The largest absolute Gasteiger partial charge is 0.494 e. The van der Waals surface area contributed by atoms with Gasteiger partial charge in [0.25, 0.3) is 0 Å². The Morgan fingerprint density at radius 1 is 1.20 bits per heavy atom. The Hall–Kier alpha value is -1.51. The minimum atomic E-state index is -0.733. The molecule has 20 heavy (non-hydrogen) atoms. The second kappa shape index (κ2) is 9.40. The highest BCUT2D eigenvalue weighted by Gasteiger charge is 2.08. The molecule has 0 spiro atoms. The van der Waals surface area contributed by atoms with E-state index in [9.17, 15) is 4.79 Å². The van der Waals surface area contributed by atoms with Gasteiger partial charge in [-0.2, -0.15) is 0 Å². The highest BCUT2D eigenvalue weighted by molar-refractivity contribution is 5.66. The lowest BCUT2D eigenvalue weighted by Gasteiger charge is -2.12. The van der Waals surface area contributed by atoms with Crippen LogP contribution in [0.1, 0.15) is 63.9 Å². The number of unbranched alkanes of at least 4 members (excludes halogenated alkanes) is 3. The maximum Gasteiger partial charge on any atom is 0.303 e. The van der Waals surface area contributed by atoms with Crippen molar-refractivity contribution in [2.45, 2.75) is 58.3 Å². The van der Waals surface area contributed by atoms with E-state index >= 15 is 0 Å². The molecule has 1 N–H and O–H groups in total. The number of hydrogen-bond donors (Lipinski definition) is 1. The molecule has 1 unspecified atom stereocenters. The summed E-state index contributed by atoms with van der Waals surface area (Å²) in [5.74, 6) is 0.435. The van der Waals surface area contributed by atoms with Gasteiger partial charge in [-0.3, -0.25) is 4.79 Å². The standard InChI is InChI=1S/C17H26O3/c1-3-4-5-6-13-20-16-10-8-15(9-11-16)14(2)7-12-17(18)19/h8-11,14H,3-7,12-13H2,1-2H3,(H,18,19). The molecular weight excluding hydrogens is 252 g/mol. The molecule has 3 nitrogen and oxygen atoms in total. The Kier molecular flexibility index (Phi) is 7.78. The van der Waals surface area contributed by atoms with Gasteiger partial charge in [-0.1, -0.05) is 45.2 Å². The Balaban J connectivity index is 2.33. The Labute approximate surface area is 122 Å². The number of rotatable bonds is 10.